The summed E-state index contributed by atoms with van der Waals surface area (Å²) in [5, 5.41) is 0. The van der Waals surface area contributed by atoms with E-state index in [2.05, 4.69) is 34.6 Å². The van der Waals surface area contributed by atoms with E-state index >= 15 is 0 Å². The van der Waals surface area contributed by atoms with E-state index in [1.54, 1.807) is 0 Å². The molecule has 0 aliphatic carbocycles. The van der Waals surface area contributed by atoms with Crippen LogP contribution in [0.2, 0.25) is 0 Å². The summed E-state index contributed by atoms with van der Waals surface area (Å²) >= 11 is 0. The Kier molecular flexibility index (Phi) is 44.7. The second-order valence-corrected chi connectivity index (χ2v) is 18.9. The Hall–Kier alpha value is -1.59. The van der Waals surface area contributed by atoms with E-state index in [4.69, 9.17) is 14.2 Å². The van der Waals surface area contributed by atoms with Gasteiger partial charge in [0.25, 0.3) is 0 Å². The Bertz CT molecular complexity index is 902. The minimum atomic E-state index is -0.761. The van der Waals surface area contributed by atoms with Gasteiger partial charge in [0.15, 0.2) is 6.10 Å². The zero-order valence-corrected chi connectivity index (χ0v) is 40.4. The average molecular weight is 835 g/mol. The van der Waals surface area contributed by atoms with Crippen LogP contribution in [0.15, 0.2) is 0 Å². The van der Waals surface area contributed by atoms with Crippen molar-refractivity contribution in [3.8, 4) is 0 Å². The summed E-state index contributed by atoms with van der Waals surface area (Å²) in [6.07, 6.45) is 46.8. The molecule has 2 atom stereocenters. The van der Waals surface area contributed by atoms with Gasteiger partial charge >= 0.3 is 17.9 Å². The number of hydrogen-bond donors (Lipinski definition) is 0. The maximum Gasteiger partial charge on any atom is 0.306 e. The van der Waals surface area contributed by atoms with Crippen LogP contribution in [0, 0.1) is 11.8 Å². The molecule has 0 N–H and O–H groups in total. The van der Waals surface area contributed by atoms with E-state index in [1.165, 1.54) is 180 Å². The van der Waals surface area contributed by atoms with Crippen molar-refractivity contribution >= 4 is 17.9 Å². The highest BCUT2D eigenvalue weighted by Crippen LogP contribution is 2.18. The molecule has 0 aliphatic rings. The molecule has 1 unspecified atom stereocenters. The molecule has 59 heavy (non-hydrogen) atoms. The van der Waals surface area contributed by atoms with Gasteiger partial charge in [-0.3, -0.25) is 14.4 Å². The molecule has 0 amide bonds. The van der Waals surface area contributed by atoms with Crippen molar-refractivity contribution in [2.24, 2.45) is 11.8 Å². The molecule has 0 bridgehead atoms. The van der Waals surface area contributed by atoms with Gasteiger partial charge in [-0.05, 0) is 31.1 Å². The van der Waals surface area contributed by atoms with Crippen molar-refractivity contribution in [1.29, 1.82) is 0 Å². The molecule has 0 saturated carbocycles. The maximum absolute atomic E-state index is 12.7. The molecule has 0 heterocycles. The van der Waals surface area contributed by atoms with Crippen molar-refractivity contribution in [3.05, 3.63) is 0 Å². The standard InChI is InChI=1S/C53H102O6/c1-6-8-9-10-11-12-24-28-35-40-45-53(56)59-50(47-58-52(55)44-39-34-30-29-31-36-41-48(3)4)46-57-51(54)43-38-33-27-25-22-20-18-16-14-13-15-17-19-21-23-26-32-37-42-49(5)7-2/h48-50H,6-47H2,1-5H3/t49?,50-/m0/s1. The lowest BCUT2D eigenvalue weighted by atomic mass is 9.99. The van der Waals surface area contributed by atoms with Gasteiger partial charge in [-0.25, -0.2) is 0 Å². The largest absolute Gasteiger partial charge is 0.462 e. The molecule has 0 aromatic carbocycles. The first kappa shape index (κ1) is 57.4. The van der Waals surface area contributed by atoms with Crippen molar-refractivity contribution in [3.63, 3.8) is 0 Å². The SMILES string of the molecule is CCCCCCCCCCCCC(=O)O[C@@H](COC(=O)CCCCCCCCCCCCCCCCCCCCC(C)CC)COC(=O)CCCCCCCCC(C)C. The molecule has 350 valence electrons. The van der Waals surface area contributed by atoms with E-state index in [9.17, 15) is 14.4 Å². The average Bonchev–Trinajstić information content (AvgIpc) is 3.22. The van der Waals surface area contributed by atoms with Crippen LogP contribution in [0.25, 0.3) is 0 Å². The third-order valence-electron chi connectivity index (χ3n) is 12.3. The van der Waals surface area contributed by atoms with Gasteiger partial charge in [-0.15, -0.1) is 0 Å². The number of ether oxygens (including phenoxy) is 3. The predicted molar refractivity (Wildman–Crippen MR) is 252 cm³/mol. The molecular weight excluding hydrogens is 733 g/mol. The first-order chi connectivity index (χ1) is 28.8. The summed E-state index contributed by atoms with van der Waals surface area (Å²) < 4.78 is 16.7. The second-order valence-electron chi connectivity index (χ2n) is 18.9. The molecule has 6 nitrogen and oxygen atoms in total. The van der Waals surface area contributed by atoms with Gasteiger partial charge in [-0.2, -0.15) is 0 Å². The zero-order valence-electron chi connectivity index (χ0n) is 40.4. The number of hydrogen-bond acceptors (Lipinski definition) is 6. The van der Waals surface area contributed by atoms with E-state index in [-0.39, 0.29) is 31.1 Å². The van der Waals surface area contributed by atoms with Crippen LogP contribution in [0.4, 0.5) is 0 Å². The highest BCUT2D eigenvalue weighted by Gasteiger charge is 2.19. The highest BCUT2D eigenvalue weighted by molar-refractivity contribution is 5.71. The van der Waals surface area contributed by atoms with Crippen LogP contribution >= 0.6 is 0 Å². The Labute approximate surface area is 368 Å². The summed E-state index contributed by atoms with van der Waals surface area (Å²) in [6, 6.07) is 0. The van der Waals surface area contributed by atoms with Crippen LogP contribution in [0.1, 0.15) is 291 Å². The molecule has 0 saturated heterocycles. The van der Waals surface area contributed by atoms with Crippen molar-refractivity contribution in [2.45, 2.75) is 298 Å². The molecule has 0 radical (unpaired) electrons. The lowest BCUT2D eigenvalue weighted by Gasteiger charge is -2.18. The van der Waals surface area contributed by atoms with Crippen LogP contribution in [0.5, 0.6) is 0 Å². The Morgan fingerprint density at radius 3 is 0.966 bits per heavy atom. The first-order valence-corrected chi connectivity index (χ1v) is 26.3. The molecule has 0 aromatic heterocycles. The van der Waals surface area contributed by atoms with E-state index in [0.29, 0.717) is 19.3 Å². The van der Waals surface area contributed by atoms with Crippen LogP contribution in [0.3, 0.4) is 0 Å². The number of esters is 3. The minimum absolute atomic E-state index is 0.0645. The smallest absolute Gasteiger partial charge is 0.306 e. The predicted octanol–water partition coefficient (Wildman–Crippen LogP) is 16.9. The van der Waals surface area contributed by atoms with E-state index in [0.717, 1.165) is 69.6 Å². The second kappa shape index (κ2) is 45.9. The number of carbonyl (C=O) groups excluding carboxylic acids is 3. The van der Waals surface area contributed by atoms with Crippen molar-refractivity contribution in [1.82, 2.24) is 0 Å². The number of carbonyl (C=O) groups is 3. The number of unbranched alkanes of at least 4 members (excludes halogenated alkanes) is 31. The van der Waals surface area contributed by atoms with Gasteiger partial charge in [0.05, 0.1) is 0 Å². The fraction of sp³-hybridized carbons (Fsp3) is 0.943. The first-order valence-electron chi connectivity index (χ1n) is 26.3. The Morgan fingerprint density at radius 1 is 0.356 bits per heavy atom. The topological polar surface area (TPSA) is 78.9 Å². The number of rotatable bonds is 47. The molecule has 0 fully saturated rings. The molecule has 0 rings (SSSR count). The quantitative estimate of drug-likeness (QED) is 0.0345. The molecular formula is C53H102O6. The molecule has 0 aliphatic heterocycles. The highest BCUT2D eigenvalue weighted by atomic mass is 16.6. The summed E-state index contributed by atoms with van der Waals surface area (Å²) in [5.41, 5.74) is 0. The lowest BCUT2D eigenvalue weighted by Crippen LogP contribution is -2.30. The van der Waals surface area contributed by atoms with Gasteiger partial charge in [0.2, 0.25) is 0 Å². The Morgan fingerprint density at radius 2 is 0.644 bits per heavy atom. The van der Waals surface area contributed by atoms with E-state index in [1.807, 2.05) is 0 Å². The van der Waals surface area contributed by atoms with Gasteiger partial charge in [0.1, 0.15) is 13.2 Å². The summed E-state index contributed by atoms with van der Waals surface area (Å²) in [5.74, 6) is 0.818. The normalized spacial score (nSPS) is 12.5. The van der Waals surface area contributed by atoms with Crippen molar-refractivity contribution < 1.29 is 28.6 Å². The molecule has 6 heteroatoms. The van der Waals surface area contributed by atoms with Gasteiger partial charge in [-0.1, -0.05) is 253 Å². The van der Waals surface area contributed by atoms with Gasteiger partial charge in [0, 0.05) is 19.3 Å². The van der Waals surface area contributed by atoms with E-state index < -0.39 is 6.10 Å². The third kappa shape index (κ3) is 45.8. The van der Waals surface area contributed by atoms with Gasteiger partial charge < -0.3 is 14.2 Å². The van der Waals surface area contributed by atoms with Crippen LogP contribution in [-0.2, 0) is 28.6 Å². The van der Waals surface area contributed by atoms with Crippen LogP contribution in [-0.4, -0.2) is 37.2 Å². The summed E-state index contributed by atoms with van der Waals surface area (Å²) in [7, 11) is 0. The van der Waals surface area contributed by atoms with Crippen LogP contribution < -0.4 is 0 Å². The molecule has 0 aromatic rings. The minimum Gasteiger partial charge on any atom is -0.462 e. The summed E-state index contributed by atoms with van der Waals surface area (Å²) in [4.78, 5) is 37.8. The van der Waals surface area contributed by atoms with Crippen molar-refractivity contribution in [2.75, 3.05) is 13.2 Å². The summed E-state index contributed by atoms with van der Waals surface area (Å²) in [6.45, 7) is 11.3. The third-order valence-corrected chi connectivity index (χ3v) is 12.3. The fourth-order valence-electron chi connectivity index (χ4n) is 7.96. The zero-order chi connectivity index (χ0) is 43.3. The monoisotopic (exact) mass is 835 g/mol. The Balaban J connectivity index is 4.13. The molecule has 0 spiro atoms. The maximum atomic E-state index is 12.7. The lowest BCUT2D eigenvalue weighted by molar-refractivity contribution is -0.167. The fourth-order valence-corrected chi connectivity index (χ4v) is 7.96.